The Morgan fingerprint density at radius 3 is 1.06 bits per heavy atom. The van der Waals surface area contributed by atoms with Gasteiger partial charge in [0.15, 0.2) is 6.10 Å². The molecule has 0 aromatic rings. The Morgan fingerprint density at radius 1 is 0.328 bits per heavy atom. The number of allylic oxidation sites excluding steroid dienone is 18. The molecule has 64 heavy (non-hydrogen) atoms. The number of hydrogen-bond donors (Lipinski definition) is 0. The quantitative estimate of drug-likeness (QED) is 0.0199. The normalized spacial score (nSPS) is 13.0. The Balaban J connectivity index is 4.49. The second kappa shape index (κ2) is 51.7. The lowest BCUT2D eigenvalue weighted by Gasteiger charge is -2.18. The van der Waals surface area contributed by atoms with Crippen molar-refractivity contribution in [3.8, 4) is 0 Å². The fraction of sp³-hybridized carbons (Fsp3) is 0.638. The van der Waals surface area contributed by atoms with E-state index in [9.17, 15) is 14.4 Å². The number of carbonyl (C=O) groups excluding carboxylic acids is 3. The Morgan fingerprint density at radius 2 is 0.656 bits per heavy atom. The van der Waals surface area contributed by atoms with Gasteiger partial charge in [-0.15, -0.1) is 0 Å². The summed E-state index contributed by atoms with van der Waals surface area (Å²) in [5.41, 5.74) is 0. The van der Waals surface area contributed by atoms with Crippen LogP contribution in [0.3, 0.4) is 0 Å². The molecule has 6 nitrogen and oxygen atoms in total. The monoisotopic (exact) mass is 887 g/mol. The first-order chi connectivity index (χ1) is 31.5. The standard InChI is InChI=1S/C58H94O6/c1-4-7-10-13-16-19-22-25-27-28-29-31-33-36-39-42-45-48-51-57(60)63-54-55(53-62-56(59)50-47-44-41-38-35-32-24-21-18-15-12-9-6-3)64-58(61)52-49-46-43-40-37-34-30-26-23-20-17-14-11-8-5-2/h9-10,12-13,15-16,18-25,27-29,31,55H,4-8,11,14,17,26,30,32-54H2,1-3H3/b12-9-,13-10-,18-15-,19-16-,23-20-,24-21-,25-22-,28-27-,31-29-. The molecule has 0 saturated carbocycles. The van der Waals surface area contributed by atoms with Crippen LogP contribution in [-0.2, 0) is 28.6 Å². The average Bonchev–Trinajstić information content (AvgIpc) is 3.29. The fourth-order valence-electron chi connectivity index (χ4n) is 6.76. The van der Waals surface area contributed by atoms with E-state index in [1.807, 2.05) is 24.3 Å². The highest BCUT2D eigenvalue weighted by atomic mass is 16.6. The lowest BCUT2D eigenvalue weighted by atomic mass is 10.1. The number of rotatable bonds is 45. The van der Waals surface area contributed by atoms with Gasteiger partial charge < -0.3 is 14.2 Å². The minimum absolute atomic E-state index is 0.101. The Hall–Kier alpha value is -3.93. The summed E-state index contributed by atoms with van der Waals surface area (Å²) in [6, 6.07) is 0. The van der Waals surface area contributed by atoms with Crippen molar-refractivity contribution >= 4 is 17.9 Å². The van der Waals surface area contributed by atoms with Gasteiger partial charge in [-0.05, 0) is 83.5 Å². The van der Waals surface area contributed by atoms with Crippen LogP contribution >= 0.6 is 0 Å². The Bertz CT molecular complexity index is 1340. The number of hydrogen-bond acceptors (Lipinski definition) is 6. The molecule has 0 aliphatic heterocycles. The molecule has 0 fully saturated rings. The lowest BCUT2D eigenvalue weighted by molar-refractivity contribution is -0.167. The molecule has 0 radical (unpaired) electrons. The van der Waals surface area contributed by atoms with Crippen molar-refractivity contribution in [2.24, 2.45) is 0 Å². The summed E-state index contributed by atoms with van der Waals surface area (Å²) in [6.07, 6.45) is 69.2. The van der Waals surface area contributed by atoms with Crippen LogP contribution in [0.1, 0.15) is 220 Å². The molecule has 0 amide bonds. The number of unbranched alkanes of at least 4 members (excludes halogenated alkanes) is 22. The van der Waals surface area contributed by atoms with Gasteiger partial charge in [-0.2, -0.15) is 0 Å². The summed E-state index contributed by atoms with van der Waals surface area (Å²) < 4.78 is 16.8. The van der Waals surface area contributed by atoms with Gasteiger partial charge in [0, 0.05) is 19.3 Å². The zero-order valence-corrected chi connectivity index (χ0v) is 41.3. The van der Waals surface area contributed by atoms with E-state index < -0.39 is 6.10 Å². The van der Waals surface area contributed by atoms with Crippen molar-refractivity contribution in [1.82, 2.24) is 0 Å². The smallest absolute Gasteiger partial charge is 0.306 e. The Labute approximate surface area is 393 Å². The lowest BCUT2D eigenvalue weighted by Crippen LogP contribution is -2.30. The zero-order valence-electron chi connectivity index (χ0n) is 41.3. The van der Waals surface area contributed by atoms with E-state index in [0.29, 0.717) is 19.3 Å². The average molecular weight is 887 g/mol. The molecule has 0 aromatic carbocycles. The van der Waals surface area contributed by atoms with E-state index in [2.05, 4.69) is 106 Å². The van der Waals surface area contributed by atoms with Crippen LogP contribution in [0, 0.1) is 0 Å². The van der Waals surface area contributed by atoms with E-state index in [4.69, 9.17) is 14.2 Å². The predicted molar refractivity (Wildman–Crippen MR) is 274 cm³/mol. The van der Waals surface area contributed by atoms with E-state index >= 15 is 0 Å². The predicted octanol–water partition coefficient (Wildman–Crippen LogP) is 17.1. The highest BCUT2D eigenvalue weighted by Crippen LogP contribution is 2.14. The second-order valence-corrected chi connectivity index (χ2v) is 16.9. The SMILES string of the molecule is CC\C=C/C=C\C=C/CCCCCCCC(=O)OCC(COC(=O)CCCCCCC\C=C/C=C\C=C/C=C\C=C/CCC)OC(=O)CCCCCCCCC/C=C\CCCCCC. The molecule has 1 atom stereocenters. The summed E-state index contributed by atoms with van der Waals surface area (Å²) in [5.74, 6) is -0.954. The molecule has 0 heterocycles. The molecule has 1 unspecified atom stereocenters. The van der Waals surface area contributed by atoms with Gasteiger partial charge in [-0.25, -0.2) is 0 Å². The summed E-state index contributed by atoms with van der Waals surface area (Å²) in [6.45, 7) is 6.35. The molecule has 0 aliphatic rings. The summed E-state index contributed by atoms with van der Waals surface area (Å²) in [5, 5.41) is 0. The van der Waals surface area contributed by atoms with Gasteiger partial charge in [0.2, 0.25) is 0 Å². The molecule has 0 bridgehead atoms. The molecule has 0 rings (SSSR count). The molecular formula is C58H94O6. The van der Waals surface area contributed by atoms with Crippen LogP contribution in [0.2, 0.25) is 0 Å². The summed E-state index contributed by atoms with van der Waals surface area (Å²) in [4.78, 5) is 38.0. The summed E-state index contributed by atoms with van der Waals surface area (Å²) >= 11 is 0. The first kappa shape index (κ1) is 60.1. The van der Waals surface area contributed by atoms with Crippen molar-refractivity contribution in [2.45, 2.75) is 226 Å². The largest absolute Gasteiger partial charge is 0.462 e. The van der Waals surface area contributed by atoms with Crippen LogP contribution < -0.4 is 0 Å². The van der Waals surface area contributed by atoms with E-state index in [1.54, 1.807) is 0 Å². The maximum atomic E-state index is 12.8. The molecule has 0 spiro atoms. The van der Waals surface area contributed by atoms with Crippen LogP contribution in [0.4, 0.5) is 0 Å². The molecule has 6 heteroatoms. The molecular weight excluding hydrogens is 793 g/mol. The molecule has 0 N–H and O–H groups in total. The third-order valence-corrected chi connectivity index (χ3v) is 10.7. The van der Waals surface area contributed by atoms with Crippen LogP contribution in [-0.4, -0.2) is 37.2 Å². The van der Waals surface area contributed by atoms with Crippen LogP contribution in [0.15, 0.2) is 109 Å². The van der Waals surface area contributed by atoms with Crippen molar-refractivity contribution in [1.29, 1.82) is 0 Å². The highest BCUT2D eigenvalue weighted by molar-refractivity contribution is 5.71. The zero-order chi connectivity index (χ0) is 46.5. The van der Waals surface area contributed by atoms with Gasteiger partial charge in [0.05, 0.1) is 0 Å². The minimum atomic E-state index is -0.801. The van der Waals surface area contributed by atoms with Gasteiger partial charge in [-0.3, -0.25) is 14.4 Å². The molecule has 362 valence electrons. The van der Waals surface area contributed by atoms with Crippen molar-refractivity contribution in [3.63, 3.8) is 0 Å². The first-order valence-electron chi connectivity index (χ1n) is 26.0. The van der Waals surface area contributed by atoms with Gasteiger partial charge in [-0.1, -0.05) is 226 Å². The maximum Gasteiger partial charge on any atom is 0.306 e. The third-order valence-electron chi connectivity index (χ3n) is 10.7. The Kier molecular flexibility index (Phi) is 48.5. The van der Waals surface area contributed by atoms with Crippen LogP contribution in [0.5, 0.6) is 0 Å². The van der Waals surface area contributed by atoms with Crippen molar-refractivity contribution in [3.05, 3.63) is 109 Å². The van der Waals surface area contributed by atoms with Gasteiger partial charge >= 0.3 is 17.9 Å². The minimum Gasteiger partial charge on any atom is -0.462 e. The molecule has 0 saturated heterocycles. The van der Waals surface area contributed by atoms with E-state index in [-0.39, 0.29) is 31.1 Å². The van der Waals surface area contributed by atoms with Gasteiger partial charge in [0.25, 0.3) is 0 Å². The molecule has 0 aromatic heterocycles. The van der Waals surface area contributed by atoms with Crippen LogP contribution in [0.25, 0.3) is 0 Å². The highest BCUT2D eigenvalue weighted by Gasteiger charge is 2.19. The maximum absolute atomic E-state index is 12.8. The fourth-order valence-corrected chi connectivity index (χ4v) is 6.76. The van der Waals surface area contributed by atoms with E-state index in [1.165, 1.54) is 70.6 Å². The summed E-state index contributed by atoms with van der Waals surface area (Å²) in [7, 11) is 0. The van der Waals surface area contributed by atoms with E-state index in [0.717, 1.165) is 109 Å². The molecule has 0 aliphatic carbocycles. The second-order valence-electron chi connectivity index (χ2n) is 16.9. The first-order valence-corrected chi connectivity index (χ1v) is 26.0. The van der Waals surface area contributed by atoms with Crippen molar-refractivity contribution in [2.75, 3.05) is 13.2 Å². The topological polar surface area (TPSA) is 78.9 Å². The number of ether oxygens (including phenoxy) is 3. The third kappa shape index (κ3) is 49.1. The van der Waals surface area contributed by atoms with Crippen molar-refractivity contribution < 1.29 is 28.6 Å². The number of esters is 3. The van der Waals surface area contributed by atoms with Gasteiger partial charge in [0.1, 0.15) is 13.2 Å². The number of carbonyl (C=O) groups is 3.